The van der Waals surface area contributed by atoms with E-state index in [0.717, 1.165) is 5.69 Å². The van der Waals surface area contributed by atoms with Crippen LogP contribution in [0.1, 0.15) is 0 Å². The van der Waals surface area contributed by atoms with Crippen LogP contribution in [-0.2, 0) is 4.79 Å². The van der Waals surface area contributed by atoms with Crippen LogP contribution in [-0.4, -0.2) is 61.1 Å². The molecule has 0 atom stereocenters. The minimum Gasteiger partial charge on any atom is -0.481 e. The van der Waals surface area contributed by atoms with Crippen molar-refractivity contribution in [2.24, 2.45) is 0 Å². The van der Waals surface area contributed by atoms with Gasteiger partial charge in [0.25, 0.3) is 0 Å². The highest BCUT2D eigenvalue weighted by Crippen LogP contribution is 2.33. The van der Waals surface area contributed by atoms with E-state index in [1.807, 2.05) is 0 Å². The number of ether oxygens (including phenoxy) is 1. The molecular formula is C12H17N3O4. The lowest BCUT2D eigenvalue weighted by Gasteiger charge is -2.37. The van der Waals surface area contributed by atoms with Gasteiger partial charge in [-0.1, -0.05) is 0 Å². The molecule has 1 aliphatic rings. The van der Waals surface area contributed by atoms with Crippen molar-refractivity contribution in [2.75, 3.05) is 43.7 Å². The molecule has 1 aliphatic heterocycles. The molecule has 0 fully saturated rings. The molecule has 0 unspecified atom stereocenters. The van der Waals surface area contributed by atoms with E-state index in [4.69, 9.17) is 4.74 Å². The summed E-state index contributed by atoms with van der Waals surface area (Å²) >= 11 is 0. The molecule has 0 aliphatic carbocycles. The maximum atomic E-state index is 12.1. The molecule has 1 aromatic rings. The van der Waals surface area contributed by atoms with Crippen molar-refractivity contribution in [1.82, 2.24) is 4.98 Å². The zero-order valence-corrected chi connectivity index (χ0v) is 10.9. The summed E-state index contributed by atoms with van der Waals surface area (Å²) < 4.78 is 5.05. The second-order valence-corrected chi connectivity index (χ2v) is 4.34. The highest BCUT2D eigenvalue weighted by Gasteiger charge is 2.33. The number of fused-ring (bicyclic) bond motifs is 1. The number of rotatable bonds is 4. The van der Waals surface area contributed by atoms with E-state index in [2.05, 4.69) is 4.98 Å². The highest BCUT2D eigenvalue weighted by atomic mass is 16.5. The van der Waals surface area contributed by atoms with Crippen molar-refractivity contribution in [3.8, 4) is 5.88 Å². The zero-order chi connectivity index (χ0) is 14.0. The molecule has 0 saturated heterocycles. The van der Waals surface area contributed by atoms with Crippen molar-refractivity contribution in [2.45, 2.75) is 6.04 Å². The third-order valence-corrected chi connectivity index (χ3v) is 3.11. The Kier molecular flexibility index (Phi) is 3.87. The highest BCUT2D eigenvalue weighted by molar-refractivity contribution is 6.02. The molecule has 0 radical (unpaired) electrons. The van der Waals surface area contributed by atoms with Gasteiger partial charge in [0, 0.05) is 13.1 Å². The standard InChI is InChI=1S/C12H17N3O4/c1-14-5-11(18)15(8(6-16)7-17)12-9(14)3-4-10(13-12)19-2/h3-4,8,16-17H,5-7H2,1-2H3. The average Bonchev–Trinajstić information content (AvgIpc) is 2.42. The largest absolute Gasteiger partial charge is 0.481 e. The Bertz CT molecular complexity index is 476. The van der Waals surface area contributed by atoms with Crippen molar-refractivity contribution in [3.05, 3.63) is 12.1 Å². The van der Waals surface area contributed by atoms with Gasteiger partial charge in [0.1, 0.15) is 0 Å². The van der Waals surface area contributed by atoms with Gasteiger partial charge in [-0.3, -0.25) is 9.69 Å². The fraction of sp³-hybridized carbons (Fsp3) is 0.500. The summed E-state index contributed by atoms with van der Waals surface area (Å²) in [5.74, 6) is 0.552. The van der Waals surface area contributed by atoms with Gasteiger partial charge in [0.15, 0.2) is 5.82 Å². The molecule has 1 amide bonds. The molecule has 2 heterocycles. The monoisotopic (exact) mass is 267 g/mol. The van der Waals surface area contributed by atoms with E-state index in [0.29, 0.717) is 11.7 Å². The Morgan fingerprint density at radius 1 is 1.42 bits per heavy atom. The summed E-state index contributed by atoms with van der Waals surface area (Å²) in [7, 11) is 3.28. The first-order valence-corrected chi connectivity index (χ1v) is 5.92. The Balaban J connectivity index is 2.51. The van der Waals surface area contributed by atoms with Crippen molar-refractivity contribution in [1.29, 1.82) is 0 Å². The maximum Gasteiger partial charge on any atom is 0.248 e. The number of anilines is 2. The van der Waals surface area contributed by atoms with Gasteiger partial charge >= 0.3 is 0 Å². The molecule has 0 aromatic carbocycles. The van der Waals surface area contributed by atoms with Gasteiger partial charge in [-0.05, 0) is 6.07 Å². The van der Waals surface area contributed by atoms with E-state index in [1.165, 1.54) is 12.0 Å². The van der Waals surface area contributed by atoms with Crippen LogP contribution >= 0.6 is 0 Å². The van der Waals surface area contributed by atoms with E-state index in [9.17, 15) is 15.0 Å². The third kappa shape index (κ3) is 2.34. The number of amides is 1. The Morgan fingerprint density at radius 2 is 2.11 bits per heavy atom. The molecule has 7 nitrogen and oxygen atoms in total. The number of aliphatic hydroxyl groups excluding tert-OH is 2. The zero-order valence-electron chi connectivity index (χ0n) is 10.9. The molecule has 2 rings (SSSR count). The van der Waals surface area contributed by atoms with Crippen LogP contribution in [0.25, 0.3) is 0 Å². The first-order chi connectivity index (χ1) is 9.12. The molecule has 2 N–H and O–H groups in total. The number of aromatic nitrogens is 1. The minimum absolute atomic E-state index is 0.178. The summed E-state index contributed by atoms with van der Waals surface area (Å²) in [6, 6.07) is 2.81. The van der Waals surface area contributed by atoms with Crippen LogP contribution in [0.3, 0.4) is 0 Å². The van der Waals surface area contributed by atoms with Crippen LogP contribution in [0.2, 0.25) is 0 Å². The number of hydrogen-bond acceptors (Lipinski definition) is 6. The fourth-order valence-corrected chi connectivity index (χ4v) is 2.09. The Hall–Kier alpha value is -1.86. The smallest absolute Gasteiger partial charge is 0.248 e. The molecule has 0 bridgehead atoms. The van der Waals surface area contributed by atoms with Crippen LogP contribution < -0.4 is 14.5 Å². The molecule has 0 spiro atoms. The number of aliphatic hydroxyl groups is 2. The lowest BCUT2D eigenvalue weighted by atomic mass is 10.2. The van der Waals surface area contributed by atoms with E-state index in [-0.39, 0.29) is 25.7 Å². The summed E-state index contributed by atoms with van der Waals surface area (Å²) in [4.78, 5) is 19.5. The van der Waals surface area contributed by atoms with Crippen molar-refractivity contribution < 1.29 is 19.7 Å². The molecule has 7 heteroatoms. The first-order valence-electron chi connectivity index (χ1n) is 5.92. The quantitative estimate of drug-likeness (QED) is 0.745. The van der Waals surface area contributed by atoms with E-state index < -0.39 is 6.04 Å². The van der Waals surface area contributed by atoms with Gasteiger partial charge in [-0.2, -0.15) is 4.98 Å². The van der Waals surface area contributed by atoms with Gasteiger partial charge < -0.3 is 19.8 Å². The van der Waals surface area contributed by atoms with Crippen molar-refractivity contribution >= 4 is 17.4 Å². The molecule has 1 aromatic heterocycles. The van der Waals surface area contributed by atoms with Gasteiger partial charge in [0.2, 0.25) is 11.8 Å². The van der Waals surface area contributed by atoms with Crippen LogP contribution in [0.5, 0.6) is 5.88 Å². The molecule has 104 valence electrons. The van der Waals surface area contributed by atoms with Crippen LogP contribution in [0.15, 0.2) is 12.1 Å². The predicted octanol–water partition coefficient (Wildman–Crippen LogP) is -0.774. The summed E-state index contributed by atoms with van der Waals surface area (Å²) in [6.07, 6.45) is 0. The Labute approximate surface area is 111 Å². The lowest BCUT2D eigenvalue weighted by Crippen LogP contribution is -2.52. The van der Waals surface area contributed by atoms with Crippen LogP contribution in [0, 0.1) is 0 Å². The minimum atomic E-state index is -0.695. The first kappa shape index (κ1) is 13.6. The van der Waals surface area contributed by atoms with Gasteiger partial charge in [-0.15, -0.1) is 0 Å². The fourth-order valence-electron chi connectivity index (χ4n) is 2.09. The second kappa shape index (κ2) is 5.41. The van der Waals surface area contributed by atoms with E-state index in [1.54, 1.807) is 24.1 Å². The van der Waals surface area contributed by atoms with Gasteiger partial charge in [-0.25, -0.2) is 0 Å². The molecular weight excluding hydrogens is 250 g/mol. The number of pyridine rings is 1. The normalized spacial score (nSPS) is 14.9. The number of nitrogens with zero attached hydrogens (tertiary/aromatic N) is 3. The summed E-state index contributed by atoms with van der Waals surface area (Å²) in [5.41, 5.74) is 0.757. The summed E-state index contributed by atoms with van der Waals surface area (Å²) in [6.45, 7) is -0.480. The van der Waals surface area contributed by atoms with Crippen molar-refractivity contribution in [3.63, 3.8) is 0 Å². The second-order valence-electron chi connectivity index (χ2n) is 4.34. The Morgan fingerprint density at radius 3 is 2.68 bits per heavy atom. The van der Waals surface area contributed by atoms with Gasteiger partial charge in [0.05, 0.1) is 38.6 Å². The number of methoxy groups -OCH3 is 1. The lowest BCUT2D eigenvalue weighted by molar-refractivity contribution is -0.118. The molecule has 19 heavy (non-hydrogen) atoms. The van der Waals surface area contributed by atoms with Crippen LogP contribution in [0.4, 0.5) is 11.5 Å². The van der Waals surface area contributed by atoms with E-state index >= 15 is 0 Å². The number of carbonyl (C=O) groups excluding carboxylic acids is 1. The third-order valence-electron chi connectivity index (χ3n) is 3.11. The number of hydrogen-bond donors (Lipinski definition) is 2. The number of likely N-dealkylation sites (N-methyl/N-ethyl adjacent to an activating group) is 1. The number of carbonyl (C=O) groups is 1. The maximum absolute atomic E-state index is 12.1. The summed E-state index contributed by atoms with van der Waals surface area (Å²) in [5, 5.41) is 18.6. The SMILES string of the molecule is COc1ccc2c(n1)N(C(CO)CO)C(=O)CN2C. The topological polar surface area (TPSA) is 86.1 Å². The average molecular weight is 267 g/mol. The predicted molar refractivity (Wildman–Crippen MR) is 69.5 cm³/mol. The molecule has 0 saturated carbocycles.